The van der Waals surface area contributed by atoms with Gasteiger partial charge in [0.2, 0.25) is 0 Å². The minimum absolute atomic E-state index is 0.202. The van der Waals surface area contributed by atoms with E-state index in [1.165, 1.54) is 6.26 Å². The summed E-state index contributed by atoms with van der Waals surface area (Å²) in [6.07, 6.45) is 1.50. The molecule has 0 saturated heterocycles. The summed E-state index contributed by atoms with van der Waals surface area (Å²) in [5.74, 6) is 2.60. The van der Waals surface area contributed by atoms with Gasteiger partial charge in [0.25, 0.3) is 5.91 Å². The molecule has 5 nitrogen and oxygen atoms in total. The van der Waals surface area contributed by atoms with Gasteiger partial charge in [-0.1, -0.05) is 0 Å². The van der Waals surface area contributed by atoms with Crippen molar-refractivity contribution in [2.75, 3.05) is 11.9 Å². The van der Waals surface area contributed by atoms with Gasteiger partial charge >= 0.3 is 0 Å². The average Bonchev–Trinajstić information content (AvgIpc) is 3.05. The number of carbonyl (C=O) groups excluding carboxylic acids is 1. The molecule has 128 valence electrons. The molecule has 25 heavy (non-hydrogen) atoms. The highest BCUT2D eigenvalue weighted by atomic mass is 16.5. The Balaban J connectivity index is 1.62. The molecular formula is C20H19NO4. The Bertz CT molecular complexity index is 835. The van der Waals surface area contributed by atoms with Crippen LogP contribution in [0.15, 0.2) is 65.3 Å². The van der Waals surface area contributed by atoms with Crippen molar-refractivity contribution < 1.29 is 18.7 Å². The topological polar surface area (TPSA) is 60.7 Å². The van der Waals surface area contributed by atoms with Crippen LogP contribution in [0.2, 0.25) is 0 Å². The maximum atomic E-state index is 12.1. The van der Waals surface area contributed by atoms with Gasteiger partial charge in [-0.2, -0.15) is 0 Å². The Morgan fingerprint density at radius 1 is 0.960 bits per heavy atom. The Labute approximate surface area is 146 Å². The highest BCUT2D eigenvalue weighted by molar-refractivity contribution is 6.04. The molecule has 2 aromatic carbocycles. The van der Waals surface area contributed by atoms with Gasteiger partial charge in [-0.15, -0.1) is 0 Å². The van der Waals surface area contributed by atoms with Crippen LogP contribution in [0, 0.1) is 6.92 Å². The molecule has 0 aliphatic carbocycles. The van der Waals surface area contributed by atoms with E-state index in [-0.39, 0.29) is 5.91 Å². The van der Waals surface area contributed by atoms with Gasteiger partial charge in [-0.3, -0.25) is 4.79 Å². The molecule has 3 rings (SSSR count). The zero-order valence-corrected chi connectivity index (χ0v) is 14.1. The number of hydrogen-bond acceptors (Lipinski definition) is 4. The van der Waals surface area contributed by atoms with E-state index in [1.807, 2.05) is 31.2 Å². The molecule has 1 amide bonds. The van der Waals surface area contributed by atoms with Gasteiger partial charge in [-0.25, -0.2) is 0 Å². The average molecular weight is 337 g/mol. The minimum Gasteiger partial charge on any atom is -0.494 e. The number of rotatable bonds is 6. The van der Waals surface area contributed by atoms with Crippen LogP contribution in [-0.2, 0) is 0 Å². The Hall–Kier alpha value is -3.21. The smallest absolute Gasteiger partial charge is 0.259 e. The molecule has 0 spiro atoms. The van der Waals surface area contributed by atoms with E-state index < -0.39 is 0 Å². The van der Waals surface area contributed by atoms with Crippen molar-refractivity contribution in [3.63, 3.8) is 0 Å². The first-order chi connectivity index (χ1) is 12.2. The molecule has 0 bridgehead atoms. The predicted octanol–water partition coefficient (Wildman–Crippen LogP) is 5.03. The van der Waals surface area contributed by atoms with E-state index in [9.17, 15) is 4.79 Å². The second-order valence-corrected chi connectivity index (χ2v) is 5.38. The fourth-order valence-electron chi connectivity index (χ4n) is 2.33. The van der Waals surface area contributed by atoms with E-state index in [2.05, 4.69) is 5.32 Å². The molecule has 1 heterocycles. The van der Waals surface area contributed by atoms with Crippen LogP contribution in [0.1, 0.15) is 23.0 Å². The summed E-state index contributed by atoms with van der Waals surface area (Å²) in [6, 6.07) is 16.2. The molecule has 0 saturated carbocycles. The van der Waals surface area contributed by atoms with E-state index in [1.54, 1.807) is 37.3 Å². The SMILES string of the molecule is CCOc1ccc(Oc2ccc(NC(=O)c3ccoc3C)cc2)cc1. The number of nitrogens with one attached hydrogen (secondary N) is 1. The fraction of sp³-hybridized carbons (Fsp3) is 0.150. The normalized spacial score (nSPS) is 10.3. The monoisotopic (exact) mass is 337 g/mol. The van der Waals surface area contributed by atoms with Crippen molar-refractivity contribution in [3.8, 4) is 17.2 Å². The summed E-state index contributed by atoms with van der Waals surface area (Å²) in [5, 5.41) is 2.83. The first-order valence-corrected chi connectivity index (χ1v) is 8.02. The zero-order valence-electron chi connectivity index (χ0n) is 14.1. The Morgan fingerprint density at radius 2 is 1.56 bits per heavy atom. The molecule has 3 aromatic rings. The third-order valence-electron chi connectivity index (χ3n) is 3.59. The second kappa shape index (κ2) is 7.57. The van der Waals surface area contributed by atoms with Crippen molar-refractivity contribution >= 4 is 11.6 Å². The molecule has 0 aliphatic heterocycles. The number of hydrogen-bond donors (Lipinski definition) is 1. The lowest BCUT2D eigenvalue weighted by Gasteiger charge is -2.09. The van der Waals surface area contributed by atoms with Crippen molar-refractivity contribution in [3.05, 3.63) is 72.2 Å². The van der Waals surface area contributed by atoms with E-state index in [0.717, 1.165) is 5.75 Å². The summed E-state index contributed by atoms with van der Waals surface area (Å²) in [5.41, 5.74) is 1.21. The molecule has 1 N–H and O–H groups in total. The van der Waals surface area contributed by atoms with Crippen LogP contribution >= 0.6 is 0 Å². The zero-order chi connectivity index (χ0) is 17.6. The van der Waals surface area contributed by atoms with E-state index in [0.29, 0.717) is 35.1 Å². The number of benzene rings is 2. The lowest BCUT2D eigenvalue weighted by molar-refractivity contribution is 0.102. The van der Waals surface area contributed by atoms with E-state index in [4.69, 9.17) is 13.9 Å². The minimum atomic E-state index is -0.202. The van der Waals surface area contributed by atoms with Crippen LogP contribution in [0.3, 0.4) is 0 Å². The summed E-state index contributed by atoms with van der Waals surface area (Å²) in [6.45, 7) is 4.33. The number of anilines is 1. The quantitative estimate of drug-likeness (QED) is 0.685. The fourth-order valence-corrected chi connectivity index (χ4v) is 2.33. The lowest BCUT2D eigenvalue weighted by atomic mass is 10.2. The molecule has 0 aliphatic rings. The summed E-state index contributed by atoms with van der Waals surface area (Å²) >= 11 is 0. The highest BCUT2D eigenvalue weighted by Crippen LogP contribution is 2.25. The van der Waals surface area contributed by atoms with Gasteiger partial charge in [0.1, 0.15) is 23.0 Å². The van der Waals surface area contributed by atoms with Gasteiger partial charge in [0.15, 0.2) is 0 Å². The van der Waals surface area contributed by atoms with E-state index >= 15 is 0 Å². The second-order valence-electron chi connectivity index (χ2n) is 5.38. The molecule has 0 radical (unpaired) electrons. The van der Waals surface area contributed by atoms with Crippen LogP contribution in [0.25, 0.3) is 0 Å². The highest BCUT2D eigenvalue weighted by Gasteiger charge is 2.11. The van der Waals surface area contributed by atoms with Gasteiger partial charge < -0.3 is 19.2 Å². The Morgan fingerprint density at radius 3 is 2.12 bits per heavy atom. The largest absolute Gasteiger partial charge is 0.494 e. The maximum absolute atomic E-state index is 12.1. The number of aryl methyl sites for hydroxylation is 1. The summed E-state index contributed by atoms with van der Waals surface area (Å²) < 4.78 is 16.3. The maximum Gasteiger partial charge on any atom is 0.259 e. The number of ether oxygens (including phenoxy) is 2. The third-order valence-corrected chi connectivity index (χ3v) is 3.59. The predicted molar refractivity (Wildman–Crippen MR) is 95.5 cm³/mol. The first-order valence-electron chi connectivity index (χ1n) is 8.02. The molecule has 0 unspecified atom stereocenters. The van der Waals surface area contributed by atoms with Crippen LogP contribution in [-0.4, -0.2) is 12.5 Å². The molecule has 0 fully saturated rings. The Kier molecular flexibility index (Phi) is 5.04. The van der Waals surface area contributed by atoms with Crippen molar-refractivity contribution in [2.45, 2.75) is 13.8 Å². The summed E-state index contributed by atoms with van der Waals surface area (Å²) in [7, 11) is 0. The lowest BCUT2D eigenvalue weighted by Crippen LogP contribution is -2.11. The van der Waals surface area contributed by atoms with Crippen LogP contribution in [0.4, 0.5) is 5.69 Å². The van der Waals surface area contributed by atoms with Gasteiger partial charge in [0.05, 0.1) is 18.4 Å². The van der Waals surface area contributed by atoms with Crippen molar-refractivity contribution in [1.29, 1.82) is 0 Å². The molecular weight excluding hydrogens is 318 g/mol. The molecule has 5 heteroatoms. The first kappa shape index (κ1) is 16.6. The standard InChI is InChI=1S/C20H19NO4/c1-3-23-16-8-10-18(11-9-16)25-17-6-4-15(5-7-17)21-20(22)19-12-13-24-14(19)2/h4-13H,3H2,1-2H3,(H,21,22). The molecule has 1 aromatic heterocycles. The molecule has 0 atom stereocenters. The summed E-state index contributed by atoms with van der Waals surface area (Å²) in [4.78, 5) is 12.1. The van der Waals surface area contributed by atoms with Crippen LogP contribution < -0.4 is 14.8 Å². The van der Waals surface area contributed by atoms with Crippen LogP contribution in [0.5, 0.6) is 17.2 Å². The third kappa shape index (κ3) is 4.20. The van der Waals surface area contributed by atoms with Gasteiger partial charge in [0, 0.05) is 5.69 Å². The van der Waals surface area contributed by atoms with Crippen molar-refractivity contribution in [1.82, 2.24) is 0 Å². The van der Waals surface area contributed by atoms with Crippen molar-refractivity contribution in [2.24, 2.45) is 0 Å². The number of carbonyl (C=O) groups is 1. The number of amides is 1. The number of furan rings is 1. The van der Waals surface area contributed by atoms with Gasteiger partial charge in [-0.05, 0) is 68.4 Å².